The monoisotopic (exact) mass is 374 g/mol. The molecule has 1 aromatic heterocycles. The summed E-state index contributed by atoms with van der Waals surface area (Å²) in [5.74, 6) is 0. The molecule has 4 aromatic carbocycles. The minimum atomic E-state index is 1.03. The molecular weight excluding hydrogens is 352 g/mol. The van der Waals surface area contributed by atoms with E-state index in [0.717, 1.165) is 11.0 Å². The number of fused-ring (bicyclic) bond motifs is 4. The lowest BCUT2D eigenvalue weighted by Gasteiger charge is -2.12. The fraction of sp³-hybridized carbons (Fsp3) is 0.0741. The van der Waals surface area contributed by atoms with Crippen molar-refractivity contribution in [2.24, 2.45) is 0 Å². The van der Waals surface area contributed by atoms with E-state index in [-0.39, 0.29) is 0 Å². The van der Waals surface area contributed by atoms with Gasteiger partial charge in [0, 0.05) is 35.9 Å². The van der Waals surface area contributed by atoms with E-state index in [1.165, 1.54) is 38.4 Å². The molecule has 0 amide bonds. The van der Waals surface area contributed by atoms with Crippen molar-refractivity contribution in [1.82, 2.24) is 4.98 Å². The normalized spacial score (nSPS) is 11.7. The van der Waals surface area contributed by atoms with Gasteiger partial charge in [0.25, 0.3) is 0 Å². The Morgan fingerprint density at radius 3 is 2.17 bits per heavy atom. The van der Waals surface area contributed by atoms with Crippen molar-refractivity contribution < 1.29 is 0 Å². The summed E-state index contributed by atoms with van der Waals surface area (Å²) >= 11 is 0. The Morgan fingerprint density at radius 2 is 1.38 bits per heavy atom. The smallest absolute Gasteiger partial charge is 0.0794 e. The summed E-state index contributed by atoms with van der Waals surface area (Å²) in [6.07, 6.45) is 4.42. The minimum Gasteiger partial charge on any atom is -0.378 e. The first-order valence-corrected chi connectivity index (χ1v) is 9.86. The lowest BCUT2D eigenvalue weighted by molar-refractivity contribution is 1.13. The van der Waals surface area contributed by atoms with Gasteiger partial charge in [0.1, 0.15) is 0 Å². The van der Waals surface area contributed by atoms with Crippen LogP contribution in [0, 0.1) is 0 Å². The third-order valence-electron chi connectivity index (χ3n) is 5.47. The van der Waals surface area contributed by atoms with Crippen LogP contribution in [-0.4, -0.2) is 19.1 Å². The zero-order valence-corrected chi connectivity index (χ0v) is 16.6. The number of aromatic nitrogens is 1. The zero-order valence-electron chi connectivity index (χ0n) is 16.6. The Hall–Kier alpha value is -3.65. The van der Waals surface area contributed by atoms with E-state index in [0.29, 0.717) is 0 Å². The molecule has 0 saturated heterocycles. The van der Waals surface area contributed by atoms with Crippen molar-refractivity contribution in [2.45, 2.75) is 0 Å². The van der Waals surface area contributed by atoms with E-state index >= 15 is 0 Å². The Morgan fingerprint density at radius 1 is 0.655 bits per heavy atom. The molecule has 0 spiro atoms. The number of benzene rings is 4. The van der Waals surface area contributed by atoms with Gasteiger partial charge in [-0.3, -0.25) is 0 Å². The molecule has 0 aliphatic rings. The minimum absolute atomic E-state index is 1.03. The molecule has 0 aliphatic heterocycles. The summed E-state index contributed by atoms with van der Waals surface area (Å²) in [7, 11) is 4.12. The van der Waals surface area contributed by atoms with E-state index in [9.17, 15) is 0 Å². The van der Waals surface area contributed by atoms with Gasteiger partial charge < -0.3 is 4.90 Å². The van der Waals surface area contributed by atoms with Crippen LogP contribution in [0.1, 0.15) is 11.1 Å². The summed E-state index contributed by atoms with van der Waals surface area (Å²) in [6, 6.07) is 29.9. The van der Waals surface area contributed by atoms with Gasteiger partial charge in [-0.2, -0.15) is 0 Å². The molecule has 0 radical (unpaired) electrons. The number of anilines is 1. The molecule has 0 bridgehead atoms. The highest BCUT2D eigenvalue weighted by molar-refractivity contribution is 6.13. The van der Waals surface area contributed by atoms with Crippen molar-refractivity contribution in [2.75, 3.05) is 19.0 Å². The van der Waals surface area contributed by atoms with E-state index in [1.807, 2.05) is 0 Å². The van der Waals surface area contributed by atoms with Gasteiger partial charge in [0.2, 0.25) is 0 Å². The second kappa shape index (κ2) is 7.06. The first-order chi connectivity index (χ1) is 14.2. The molecule has 2 heteroatoms. The van der Waals surface area contributed by atoms with Crippen molar-refractivity contribution >= 4 is 50.4 Å². The topological polar surface area (TPSA) is 16.1 Å². The lowest BCUT2D eigenvalue weighted by atomic mass is 9.98. The van der Waals surface area contributed by atoms with Crippen LogP contribution in [0.4, 0.5) is 5.69 Å². The van der Waals surface area contributed by atoms with Crippen LogP contribution < -0.4 is 4.90 Å². The SMILES string of the molecule is CN(C)c1ccc(C=Cc2c3ccccc3nc3c2ccc2ccccc23)cc1. The van der Waals surface area contributed by atoms with Crippen LogP contribution in [0.3, 0.4) is 0 Å². The van der Waals surface area contributed by atoms with E-state index < -0.39 is 0 Å². The summed E-state index contributed by atoms with van der Waals surface area (Å²) < 4.78 is 0. The van der Waals surface area contributed by atoms with Gasteiger partial charge in [-0.05, 0) is 34.7 Å². The highest BCUT2D eigenvalue weighted by atomic mass is 15.1. The van der Waals surface area contributed by atoms with Crippen molar-refractivity contribution in [3.05, 3.63) is 96.1 Å². The average Bonchev–Trinajstić information content (AvgIpc) is 2.77. The highest BCUT2D eigenvalue weighted by Gasteiger charge is 2.09. The molecule has 0 unspecified atom stereocenters. The Balaban J connectivity index is 1.73. The number of hydrogen-bond acceptors (Lipinski definition) is 2. The molecule has 0 atom stereocenters. The van der Waals surface area contributed by atoms with Gasteiger partial charge in [-0.1, -0.05) is 78.9 Å². The number of rotatable bonds is 3. The van der Waals surface area contributed by atoms with E-state index in [2.05, 4.69) is 116 Å². The quantitative estimate of drug-likeness (QED) is 0.256. The molecule has 0 aliphatic carbocycles. The van der Waals surface area contributed by atoms with Crippen molar-refractivity contribution in [3.8, 4) is 0 Å². The molecule has 0 N–H and O–H groups in total. The fourth-order valence-corrected chi connectivity index (χ4v) is 3.90. The molecule has 0 saturated carbocycles. The Kier molecular flexibility index (Phi) is 4.25. The van der Waals surface area contributed by atoms with Crippen molar-refractivity contribution in [3.63, 3.8) is 0 Å². The second-order valence-electron chi connectivity index (χ2n) is 7.54. The second-order valence-corrected chi connectivity index (χ2v) is 7.54. The third-order valence-corrected chi connectivity index (χ3v) is 5.47. The predicted molar refractivity (Wildman–Crippen MR) is 126 cm³/mol. The third kappa shape index (κ3) is 3.13. The molecule has 2 nitrogen and oxygen atoms in total. The molecule has 5 aromatic rings. The Bertz CT molecular complexity index is 1360. The number of hydrogen-bond donors (Lipinski definition) is 0. The lowest BCUT2D eigenvalue weighted by Crippen LogP contribution is -2.07. The zero-order chi connectivity index (χ0) is 19.8. The summed E-state index contributed by atoms with van der Waals surface area (Å²) in [5, 5.41) is 4.78. The van der Waals surface area contributed by atoms with Gasteiger partial charge in [0.05, 0.1) is 11.0 Å². The van der Waals surface area contributed by atoms with Crippen LogP contribution in [0.25, 0.3) is 44.7 Å². The number of pyridine rings is 1. The van der Waals surface area contributed by atoms with Crippen LogP contribution in [0.5, 0.6) is 0 Å². The molecule has 140 valence electrons. The van der Waals surface area contributed by atoms with E-state index in [4.69, 9.17) is 4.98 Å². The van der Waals surface area contributed by atoms with Gasteiger partial charge in [-0.25, -0.2) is 4.98 Å². The maximum absolute atomic E-state index is 5.01. The summed E-state index contributed by atoms with van der Waals surface area (Å²) in [5.41, 5.74) is 5.69. The van der Waals surface area contributed by atoms with Gasteiger partial charge in [0.15, 0.2) is 0 Å². The van der Waals surface area contributed by atoms with Gasteiger partial charge in [-0.15, -0.1) is 0 Å². The maximum Gasteiger partial charge on any atom is 0.0794 e. The van der Waals surface area contributed by atoms with E-state index in [1.54, 1.807) is 0 Å². The molecule has 0 fully saturated rings. The van der Waals surface area contributed by atoms with Crippen LogP contribution in [0.2, 0.25) is 0 Å². The highest BCUT2D eigenvalue weighted by Crippen LogP contribution is 2.32. The van der Waals surface area contributed by atoms with Crippen LogP contribution in [-0.2, 0) is 0 Å². The molecular formula is C27H22N2. The van der Waals surface area contributed by atoms with Crippen LogP contribution in [0.15, 0.2) is 84.9 Å². The predicted octanol–water partition coefficient (Wildman–Crippen LogP) is 6.78. The van der Waals surface area contributed by atoms with Crippen molar-refractivity contribution in [1.29, 1.82) is 0 Å². The van der Waals surface area contributed by atoms with Crippen LogP contribution >= 0.6 is 0 Å². The van der Waals surface area contributed by atoms with Gasteiger partial charge >= 0.3 is 0 Å². The number of nitrogens with zero attached hydrogens (tertiary/aromatic N) is 2. The largest absolute Gasteiger partial charge is 0.378 e. The Labute approximate surface area is 170 Å². The summed E-state index contributed by atoms with van der Waals surface area (Å²) in [6.45, 7) is 0. The maximum atomic E-state index is 5.01. The average molecular weight is 374 g/mol. The fourth-order valence-electron chi connectivity index (χ4n) is 3.90. The first-order valence-electron chi connectivity index (χ1n) is 9.86. The summed E-state index contributed by atoms with van der Waals surface area (Å²) in [4.78, 5) is 7.13. The first kappa shape index (κ1) is 17.4. The molecule has 5 rings (SSSR count). The number of para-hydroxylation sites is 1. The molecule has 1 heterocycles. The standard InChI is InChI=1S/C27H22N2/c1-29(2)21-15-11-19(12-16-21)13-17-23-24-9-5-6-10-26(24)28-27-22-8-4-3-7-20(22)14-18-25(23)27/h3-18H,1-2H3. The molecule has 29 heavy (non-hydrogen) atoms.